The summed E-state index contributed by atoms with van der Waals surface area (Å²) in [5.41, 5.74) is 2.29. The van der Waals surface area contributed by atoms with Crippen LogP contribution in [0.25, 0.3) is 0 Å². The maximum Gasteiger partial charge on any atom is 0.243 e. The average Bonchev–Trinajstić information content (AvgIpc) is 2.92. The van der Waals surface area contributed by atoms with Crippen LogP contribution in [0.3, 0.4) is 0 Å². The second-order valence-corrected chi connectivity index (χ2v) is 7.14. The van der Waals surface area contributed by atoms with Crippen molar-refractivity contribution >= 4 is 21.6 Å². The molecule has 0 saturated carbocycles. The highest BCUT2D eigenvalue weighted by molar-refractivity contribution is 7.89. The number of benzene rings is 2. The molecule has 0 amide bonds. The van der Waals surface area contributed by atoms with E-state index in [0.717, 1.165) is 11.1 Å². The van der Waals surface area contributed by atoms with Crippen LogP contribution in [0.1, 0.15) is 16.7 Å². The summed E-state index contributed by atoms with van der Waals surface area (Å²) >= 11 is 5.93. The maximum absolute atomic E-state index is 12.6. The largest absolute Gasteiger partial charge is 0.243 e. The molecule has 106 valence electrons. The van der Waals surface area contributed by atoms with Crippen LogP contribution >= 0.6 is 11.6 Å². The fraction of sp³-hybridized carbons (Fsp3) is 0.133. The zero-order valence-corrected chi connectivity index (χ0v) is 12.5. The summed E-state index contributed by atoms with van der Waals surface area (Å²) in [4.78, 5) is 0.110. The van der Waals surface area contributed by atoms with Gasteiger partial charge in [0.2, 0.25) is 10.0 Å². The lowest BCUT2D eigenvalue weighted by Gasteiger charge is -2.16. The third kappa shape index (κ3) is 2.42. The molecule has 1 heterocycles. The molecular weight excluding hydrogens is 308 g/mol. The smallest absolute Gasteiger partial charge is 0.207 e. The van der Waals surface area contributed by atoms with E-state index >= 15 is 0 Å². The van der Waals surface area contributed by atoms with E-state index in [4.69, 9.17) is 16.9 Å². The Balaban J connectivity index is 1.96. The van der Waals surface area contributed by atoms with Crippen molar-refractivity contribution in [3.05, 3.63) is 64.2 Å². The first-order valence-electron chi connectivity index (χ1n) is 6.29. The van der Waals surface area contributed by atoms with Crippen LogP contribution in [0.5, 0.6) is 0 Å². The number of hydrogen-bond acceptors (Lipinski definition) is 3. The molecule has 21 heavy (non-hydrogen) atoms. The molecule has 6 heteroatoms. The highest BCUT2D eigenvalue weighted by Gasteiger charge is 2.30. The Hall–Kier alpha value is -1.87. The molecule has 0 fully saturated rings. The first-order chi connectivity index (χ1) is 10.0. The minimum atomic E-state index is -3.61. The predicted molar refractivity (Wildman–Crippen MR) is 79.0 cm³/mol. The number of halogens is 1. The van der Waals surface area contributed by atoms with Gasteiger partial charge in [-0.25, -0.2) is 8.42 Å². The molecular formula is C15H11ClN2O2S. The summed E-state index contributed by atoms with van der Waals surface area (Å²) in [6.45, 7) is 0.715. The Labute approximate surface area is 128 Å². The molecule has 0 atom stereocenters. The summed E-state index contributed by atoms with van der Waals surface area (Å²) in [5, 5.41) is 9.00. The van der Waals surface area contributed by atoms with Crippen molar-refractivity contribution in [2.45, 2.75) is 18.0 Å². The van der Waals surface area contributed by atoms with Gasteiger partial charge in [0, 0.05) is 13.1 Å². The Kier molecular flexibility index (Phi) is 3.46. The molecule has 0 spiro atoms. The summed E-state index contributed by atoms with van der Waals surface area (Å²) in [6.07, 6.45) is 0. The van der Waals surface area contributed by atoms with E-state index in [1.807, 2.05) is 30.3 Å². The van der Waals surface area contributed by atoms with Crippen LogP contribution in [0, 0.1) is 11.3 Å². The monoisotopic (exact) mass is 318 g/mol. The van der Waals surface area contributed by atoms with Crippen molar-refractivity contribution in [3.8, 4) is 6.07 Å². The number of nitriles is 1. The van der Waals surface area contributed by atoms with E-state index in [1.54, 1.807) is 0 Å². The van der Waals surface area contributed by atoms with E-state index in [1.165, 1.54) is 22.5 Å². The zero-order chi connectivity index (χ0) is 15.0. The van der Waals surface area contributed by atoms with Crippen LogP contribution in [-0.2, 0) is 23.1 Å². The second-order valence-electron chi connectivity index (χ2n) is 4.80. The minimum Gasteiger partial charge on any atom is -0.207 e. The van der Waals surface area contributed by atoms with Gasteiger partial charge in [-0.15, -0.1) is 0 Å². The van der Waals surface area contributed by atoms with E-state index in [-0.39, 0.29) is 15.5 Å². The van der Waals surface area contributed by atoms with Crippen LogP contribution in [0.15, 0.2) is 47.4 Å². The molecule has 0 unspecified atom stereocenters. The second kappa shape index (κ2) is 5.15. The Morgan fingerprint density at radius 3 is 2.24 bits per heavy atom. The molecule has 0 N–H and O–H groups in total. The van der Waals surface area contributed by atoms with Crippen LogP contribution in [0.4, 0.5) is 0 Å². The third-order valence-electron chi connectivity index (χ3n) is 3.51. The van der Waals surface area contributed by atoms with Crippen molar-refractivity contribution in [1.82, 2.24) is 4.31 Å². The topological polar surface area (TPSA) is 61.2 Å². The number of nitrogens with zero attached hydrogens (tertiary/aromatic N) is 2. The lowest BCUT2D eigenvalue weighted by molar-refractivity contribution is 0.431. The normalized spacial score (nSPS) is 14.7. The zero-order valence-electron chi connectivity index (χ0n) is 11.0. The predicted octanol–water partition coefficient (Wildman–Crippen LogP) is 2.92. The van der Waals surface area contributed by atoms with E-state index < -0.39 is 10.0 Å². The lowest BCUT2D eigenvalue weighted by atomic mass is 10.1. The summed E-state index contributed by atoms with van der Waals surface area (Å²) in [6, 6.07) is 13.7. The highest BCUT2D eigenvalue weighted by atomic mass is 35.5. The van der Waals surface area contributed by atoms with Gasteiger partial charge in [0.1, 0.15) is 6.07 Å². The Morgan fingerprint density at radius 1 is 1.10 bits per heavy atom. The van der Waals surface area contributed by atoms with Gasteiger partial charge in [0.15, 0.2) is 0 Å². The van der Waals surface area contributed by atoms with E-state index in [2.05, 4.69) is 0 Å². The fourth-order valence-electron chi connectivity index (χ4n) is 2.37. The van der Waals surface area contributed by atoms with Crippen LogP contribution in [-0.4, -0.2) is 12.7 Å². The van der Waals surface area contributed by atoms with Gasteiger partial charge < -0.3 is 0 Å². The van der Waals surface area contributed by atoms with Crippen molar-refractivity contribution in [3.63, 3.8) is 0 Å². The van der Waals surface area contributed by atoms with Gasteiger partial charge in [-0.3, -0.25) is 0 Å². The molecule has 0 aliphatic carbocycles. The van der Waals surface area contributed by atoms with Gasteiger partial charge in [0.05, 0.1) is 15.5 Å². The highest BCUT2D eigenvalue weighted by Crippen LogP contribution is 2.30. The lowest BCUT2D eigenvalue weighted by Crippen LogP contribution is -2.25. The van der Waals surface area contributed by atoms with Gasteiger partial charge in [-0.2, -0.15) is 9.57 Å². The first-order valence-corrected chi connectivity index (χ1v) is 8.11. The maximum atomic E-state index is 12.6. The van der Waals surface area contributed by atoms with Crippen molar-refractivity contribution in [1.29, 1.82) is 5.26 Å². The molecule has 0 radical (unpaired) electrons. The quantitative estimate of drug-likeness (QED) is 0.855. The molecule has 4 nitrogen and oxygen atoms in total. The van der Waals surface area contributed by atoms with Gasteiger partial charge in [0.25, 0.3) is 0 Å². The molecule has 2 aromatic rings. The number of fused-ring (bicyclic) bond motifs is 1. The number of hydrogen-bond donors (Lipinski definition) is 0. The summed E-state index contributed by atoms with van der Waals surface area (Å²) in [5.74, 6) is 0. The molecule has 3 rings (SSSR count). The van der Waals surface area contributed by atoms with E-state index in [0.29, 0.717) is 13.1 Å². The van der Waals surface area contributed by atoms with Crippen LogP contribution < -0.4 is 0 Å². The Morgan fingerprint density at radius 2 is 1.71 bits per heavy atom. The van der Waals surface area contributed by atoms with Crippen LogP contribution in [0.2, 0.25) is 5.02 Å². The Bertz CT molecular complexity index is 831. The summed E-state index contributed by atoms with van der Waals surface area (Å²) < 4.78 is 26.7. The van der Waals surface area contributed by atoms with E-state index in [9.17, 15) is 8.42 Å². The molecule has 1 aliphatic heterocycles. The fourth-order valence-corrected chi connectivity index (χ4v) is 4.08. The number of sulfonamides is 1. The minimum absolute atomic E-state index is 0.110. The molecule has 0 saturated heterocycles. The van der Waals surface area contributed by atoms with Crippen molar-refractivity contribution < 1.29 is 8.42 Å². The van der Waals surface area contributed by atoms with Gasteiger partial charge in [-0.05, 0) is 29.3 Å². The van der Waals surface area contributed by atoms with Crippen molar-refractivity contribution in [2.24, 2.45) is 0 Å². The molecule has 2 aromatic carbocycles. The molecule has 0 aromatic heterocycles. The number of rotatable bonds is 2. The summed E-state index contributed by atoms with van der Waals surface area (Å²) in [7, 11) is -3.61. The van der Waals surface area contributed by atoms with Gasteiger partial charge >= 0.3 is 0 Å². The van der Waals surface area contributed by atoms with Gasteiger partial charge in [-0.1, -0.05) is 35.9 Å². The third-order valence-corrected chi connectivity index (χ3v) is 5.61. The molecule has 1 aliphatic rings. The molecule has 0 bridgehead atoms. The standard InChI is InChI=1S/C15H11ClN2O2S/c16-15-7-14(6-5-11(15)8-17)21(19,20)18-9-12-3-1-2-4-13(12)10-18/h1-7H,9-10H2. The van der Waals surface area contributed by atoms with Crippen molar-refractivity contribution in [2.75, 3.05) is 0 Å². The first kappa shape index (κ1) is 14.1. The SMILES string of the molecule is N#Cc1ccc(S(=O)(=O)N2Cc3ccccc3C2)cc1Cl. The average molecular weight is 319 g/mol.